The highest BCUT2D eigenvalue weighted by Gasteiger charge is 2.22. The lowest BCUT2D eigenvalue weighted by molar-refractivity contribution is -0.134. The molecule has 1 heterocycles. The molecule has 2 rings (SSSR count). The van der Waals surface area contributed by atoms with Gasteiger partial charge in [-0.1, -0.05) is 12.1 Å². The van der Waals surface area contributed by atoms with E-state index in [9.17, 15) is 4.79 Å². The van der Waals surface area contributed by atoms with Crippen molar-refractivity contribution in [2.75, 3.05) is 33.3 Å². The molecular weight excluding hydrogens is 254 g/mol. The van der Waals surface area contributed by atoms with Crippen LogP contribution in [-0.2, 0) is 11.3 Å². The minimum Gasteiger partial charge on any atom is -0.497 e. The van der Waals surface area contributed by atoms with Crippen LogP contribution in [0.3, 0.4) is 0 Å². The van der Waals surface area contributed by atoms with Crippen LogP contribution in [0, 0.1) is 0 Å². The Labute approximate surface area is 120 Å². The first-order valence-corrected chi connectivity index (χ1v) is 7.00. The van der Waals surface area contributed by atoms with Gasteiger partial charge in [-0.15, -0.1) is 0 Å². The number of carbonyl (C=O) groups excluding carboxylic acids is 1. The van der Waals surface area contributed by atoms with Crippen molar-refractivity contribution in [3.8, 4) is 5.75 Å². The Hall–Kier alpha value is -1.59. The van der Waals surface area contributed by atoms with E-state index in [1.54, 1.807) is 14.0 Å². The number of methoxy groups -OCH3 is 1. The Kier molecular flexibility index (Phi) is 4.98. The summed E-state index contributed by atoms with van der Waals surface area (Å²) in [7, 11) is 1.67. The fraction of sp³-hybridized carbons (Fsp3) is 0.533. The highest BCUT2D eigenvalue weighted by atomic mass is 16.5. The molecular formula is C15H23N3O2. The Morgan fingerprint density at radius 2 is 1.85 bits per heavy atom. The van der Waals surface area contributed by atoms with Gasteiger partial charge in [0.25, 0.3) is 0 Å². The van der Waals surface area contributed by atoms with Gasteiger partial charge in [-0.05, 0) is 24.6 Å². The van der Waals surface area contributed by atoms with Crippen molar-refractivity contribution in [3.63, 3.8) is 0 Å². The van der Waals surface area contributed by atoms with Gasteiger partial charge in [0.15, 0.2) is 0 Å². The molecule has 1 aromatic rings. The minimum absolute atomic E-state index is 0.0501. The third-order valence-corrected chi connectivity index (χ3v) is 3.64. The maximum Gasteiger partial charge on any atom is 0.239 e. The Morgan fingerprint density at radius 1 is 1.25 bits per heavy atom. The Morgan fingerprint density at radius 3 is 2.35 bits per heavy atom. The van der Waals surface area contributed by atoms with Gasteiger partial charge in [-0.2, -0.15) is 0 Å². The number of nitrogens with two attached hydrogens (primary N) is 1. The quantitative estimate of drug-likeness (QED) is 0.879. The number of amides is 1. The fourth-order valence-corrected chi connectivity index (χ4v) is 2.40. The summed E-state index contributed by atoms with van der Waals surface area (Å²) in [6.45, 7) is 5.96. The highest BCUT2D eigenvalue weighted by Crippen LogP contribution is 2.14. The lowest BCUT2D eigenvalue weighted by atomic mass is 10.2. The van der Waals surface area contributed by atoms with Crippen LogP contribution in [0.4, 0.5) is 0 Å². The van der Waals surface area contributed by atoms with E-state index in [4.69, 9.17) is 10.5 Å². The van der Waals surface area contributed by atoms with Gasteiger partial charge < -0.3 is 15.4 Å². The molecule has 110 valence electrons. The van der Waals surface area contributed by atoms with Gasteiger partial charge in [-0.25, -0.2) is 0 Å². The molecule has 1 aliphatic rings. The zero-order chi connectivity index (χ0) is 14.5. The molecule has 1 aliphatic heterocycles. The number of hydrogen-bond donors (Lipinski definition) is 1. The lowest BCUT2D eigenvalue weighted by Crippen LogP contribution is -2.52. The van der Waals surface area contributed by atoms with Crippen molar-refractivity contribution in [1.29, 1.82) is 0 Å². The van der Waals surface area contributed by atoms with Gasteiger partial charge in [0.05, 0.1) is 13.2 Å². The number of carbonyl (C=O) groups is 1. The van der Waals surface area contributed by atoms with E-state index < -0.39 is 6.04 Å². The van der Waals surface area contributed by atoms with E-state index in [-0.39, 0.29) is 5.91 Å². The predicted octanol–water partition coefficient (Wildman–Crippen LogP) is 0.687. The molecule has 5 nitrogen and oxygen atoms in total. The SMILES string of the molecule is COc1ccc(CN2CCN(C(=O)[C@H](C)N)CC2)cc1. The van der Waals surface area contributed by atoms with E-state index in [1.165, 1.54) is 5.56 Å². The fourth-order valence-electron chi connectivity index (χ4n) is 2.40. The third-order valence-electron chi connectivity index (χ3n) is 3.64. The topological polar surface area (TPSA) is 58.8 Å². The van der Waals surface area contributed by atoms with Crippen LogP contribution in [0.2, 0.25) is 0 Å². The molecule has 0 unspecified atom stereocenters. The largest absolute Gasteiger partial charge is 0.497 e. The van der Waals surface area contributed by atoms with E-state index in [1.807, 2.05) is 17.0 Å². The molecule has 1 atom stereocenters. The van der Waals surface area contributed by atoms with E-state index >= 15 is 0 Å². The second kappa shape index (κ2) is 6.72. The summed E-state index contributed by atoms with van der Waals surface area (Å²) in [5, 5.41) is 0. The standard InChI is InChI=1S/C15H23N3O2/c1-12(16)15(19)18-9-7-17(8-10-18)11-13-3-5-14(20-2)6-4-13/h3-6,12H,7-11,16H2,1-2H3/t12-/m0/s1. The Bertz CT molecular complexity index is 437. The van der Waals surface area contributed by atoms with Gasteiger partial charge in [0, 0.05) is 32.7 Å². The minimum atomic E-state index is -0.400. The molecule has 0 saturated carbocycles. The highest BCUT2D eigenvalue weighted by molar-refractivity contribution is 5.81. The average Bonchev–Trinajstić information content (AvgIpc) is 2.48. The van der Waals surface area contributed by atoms with Crippen molar-refractivity contribution < 1.29 is 9.53 Å². The van der Waals surface area contributed by atoms with Crippen LogP contribution in [0.5, 0.6) is 5.75 Å². The number of hydrogen-bond acceptors (Lipinski definition) is 4. The van der Waals surface area contributed by atoms with Crippen molar-refractivity contribution >= 4 is 5.91 Å². The van der Waals surface area contributed by atoms with E-state index in [2.05, 4.69) is 17.0 Å². The summed E-state index contributed by atoms with van der Waals surface area (Å²) in [6.07, 6.45) is 0. The zero-order valence-electron chi connectivity index (χ0n) is 12.2. The molecule has 0 spiro atoms. The predicted molar refractivity (Wildman–Crippen MR) is 78.5 cm³/mol. The van der Waals surface area contributed by atoms with Crippen molar-refractivity contribution in [2.45, 2.75) is 19.5 Å². The first kappa shape index (κ1) is 14.8. The van der Waals surface area contributed by atoms with E-state index in [0.29, 0.717) is 0 Å². The summed E-state index contributed by atoms with van der Waals surface area (Å²) >= 11 is 0. The number of rotatable bonds is 4. The molecule has 0 aromatic heterocycles. The van der Waals surface area contributed by atoms with Gasteiger partial charge in [0.2, 0.25) is 5.91 Å². The molecule has 1 saturated heterocycles. The smallest absolute Gasteiger partial charge is 0.239 e. The maximum absolute atomic E-state index is 11.8. The third kappa shape index (κ3) is 3.71. The molecule has 1 amide bonds. The maximum atomic E-state index is 11.8. The molecule has 20 heavy (non-hydrogen) atoms. The van der Waals surface area contributed by atoms with Gasteiger partial charge >= 0.3 is 0 Å². The molecule has 0 radical (unpaired) electrons. The number of nitrogens with zero attached hydrogens (tertiary/aromatic N) is 2. The first-order chi connectivity index (χ1) is 9.60. The van der Waals surface area contributed by atoms with Crippen LogP contribution < -0.4 is 10.5 Å². The summed E-state index contributed by atoms with van der Waals surface area (Å²) < 4.78 is 5.15. The number of piperazine rings is 1. The molecule has 2 N–H and O–H groups in total. The van der Waals surface area contributed by atoms with Gasteiger partial charge in [0.1, 0.15) is 5.75 Å². The van der Waals surface area contributed by atoms with Crippen LogP contribution >= 0.6 is 0 Å². The summed E-state index contributed by atoms with van der Waals surface area (Å²) in [5.41, 5.74) is 6.90. The normalized spacial score (nSPS) is 17.9. The number of benzene rings is 1. The zero-order valence-corrected chi connectivity index (χ0v) is 12.2. The van der Waals surface area contributed by atoms with Crippen LogP contribution in [0.1, 0.15) is 12.5 Å². The first-order valence-electron chi connectivity index (χ1n) is 7.00. The summed E-state index contributed by atoms with van der Waals surface area (Å²) in [5.74, 6) is 0.926. The Balaban J connectivity index is 1.83. The van der Waals surface area contributed by atoms with Crippen molar-refractivity contribution in [1.82, 2.24) is 9.80 Å². The summed E-state index contributed by atoms with van der Waals surface area (Å²) in [4.78, 5) is 16.0. The second-order valence-corrected chi connectivity index (χ2v) is 5.24. The monoisotopic (exact) mass is 277 g/mol. The van der Waals surface area contributed by atoms with E-state index in [0.717, 1.165) is 38.5 Å². The molecule has 1 fully saturated rings. The van der Waals surface area contributed by atoms with Crippen LogP contribution in [0.15, 0.2) is 24.3 Å². The molecule has 1 aromatic carbocycles. The van der Waals surface area contributed by atoms with Crippen LogP contribution in [-0.4, -0.2) is 55.0 Å². The van der Waals surface area contributed by atoms with Crippen molar-refractivity contribution in [3.05, 3.63) is 29.8 Å². The second-order valence-electron chi connectivity index (χ2n) is 5.24. The van der Waals surface area contributed by atoms with Crippen molar-refractivity contribution in [2.24, 2.45) is 5.73 Å². The van der Waals surface area contributed by atoms with Gasteiger partial charge in [-0.3, -0.25) is 9.69 Å². The molecule has 0 aliphatic carbocycles. The number of ether oxygens (including phenoxy) is 1. The molecule has 5 heteroatoms. The summed E-state index contributed by atoms with van der Waals surface area (Å²) in [6, 6.07) is 7.72. The molecule has 0 bridgehead atoms. The van der Waals surface area contributed by atoms with Crippen LogP contribution in [0.25, 0.3) is 0 Å². The lowest BCUT2D eigenvalue weighted by Gasteiger charge is -2.35. The average molecular weight is 277 g/mol.